The maximum Gasteiger partial charge on any atom is 0.316 e. The SMILES string of the molecule is CCOC(=O)C1CC=C(C2(C(=O)OC(C)(C)C)CC2)CC1. The Morgan fingerprint density at radius 2 is 2.00 bits per heavy atom. The molecule has 21 heavy (non-hydrogen) atoms. The normalized spacial score (nSPS) is 24.0. The summed E-state index contributed by atoms with van der Waals surface area (Å²) in [6.07, 6.45) is 6.06. The summed E-state index contributed by atoms with van der Waals surface area (Å²) in [5.74, 6) is -0.270. The Labute approximate surface area is 126 Å². The Morgan fingerprint density at radius 3 is 2.43 bits per heavy atom. The van der Waals surface area contributed by atoms with Gasteiger partial charge in [0.05, 0.1) is 17.9 Å². The smallest absolute Gasteiger partial charge is 0.316 e. The van der Waals surface area contributed by atoms with Crippen LogP contribution >= 0.6 is 0 Å². The Hall–Kier alpha value is -1.32. The number of hydrogen-bond donors (Lipinski definition) is 0. The lowest BCUT2D eigenvalue weighted by Gasteiger charge is -2.28. The summed E-state index contributed by atoms with van der Waals surface area (Å²) in [6.45, 7) is 7.94. The molecule has 0 aromatic heterocycles. The standard InChI is InChI=1S/C17H26O4/c1-5-20-14(18)12-6-8-13(9-7-12)17(10-11-17)15(19)21-16(2,3)4/h8,12H,5-7,9-11H2,1-4H3. The molecule has 0 spiro atoms. The third-order valence-corrected chi connectivity index (χ3v) is 4.19. The molecule has 0 saturated heterocycles. The highest BCUT2D eigenvalue weighted by Crippen LogP contribution is 2.56. The van der Waals surface area contributed by atoms with Crippen LogP contribution in [0, 0.1) is 11.3 Å². The molecule has 0 aromatic carbocycles. The average Bonchev–Trinajstić information content (AvgIpc) is 3.19. The number of allylic oxidation sites excluding steroid dienone is 1. The molecule has 0 heterocycles. The highest BCUT2D eigenvalue weighted by molar-refractivity contribution is 5.84. The van der Waals surface area contributed by atoms with E-state index in [1.807, 2.05) is 27.7 Å². The molecule has 1 unspecified atom stereocenters. The van der Waals surface area contributed by atoms with E-state index < -0.39 is 11.0 Å². The van der Waals surface area contributed by atoms with E-state index in [1.165, 1.54) is 0 Å². The van der Waals surface area contributed by atoms with Gasteiger partial charge in [-0.25, -0.2) is 0 Å². The molecule has 0 N–H and O–H groups in total. The molecular weight excluding hydrogens is 268 g/mol. The largest absolute Gasteiger partial charge is 0.466 e. The van der Waals surface area contributed by atoms with Crippen LogP contribution in [0.25, 0.3) is 0 Å². The zero-order chi connectivity index (χ0) is 15.7. The lowest BCUT2D eigenvalue weighted by Crippen LogP contribution is -2.32. The van der Waals surface area contributed by atoms with Crippen molar-refractivity contribution in [2.75, 3.05) is 6.61 Å². The van der Waals surface area contributed by atoms with Crippen molar-refractivity contribution in [3.05, 3.63) is 11.6 Å². The molecular formula is C17H26O4. The predicted octanol–water partition coefficient (Wildman–Crippen LogP) is 3.40. The Morgan fingerprint density at radius 1 is 1.33 bits per heavy atom. The zero-order valence-corrected chi connectivity index (χ0v) is 13.5. The van der Waals surface area contributed by atoms with E-state index in [-0.39, 0.29) is 17.9 Å². The fraction of sp³-hybridized carbons (Fsp3) is 0.765. The summed E-state index contributed by atoms with van der Waals surface area (Å²) < 4.78 is 10.6. The third kappa shape index (κ3) is 3.66. The molecule has 4 heteroatoms. The average molecular weight is 294 g/mol. The fourth-order valence-corrected chi connectivity index (χ4v) is 2.90. The van der Waals surface area contributed by atoms with Gasteiger partial charge >= 0.3 is 11.9 Å². The van der Waals surface area contributed by atoms with Crippen LogP contribution in [-0.4, -0.2) is 24.1 Å². The van der Waals surface area contributed by atoms with Gasteiger partial charge in [-0.05, 0) is 59.8 Å². The van der Waals surface area contributed by atoms with Crippen LogP contribution in [0.15, 0.2) is 11.6 Å². The second kappa shape index (κ2) is 5.82. The first kappa shape index (κ1) is 16.1. The molecule has 0 bridgehead atoms. The van der Waals surface area contributed by atoms with Gasteiger partial charge in [-0.1, -0.05) is 11.6 Å². The first-order valence-corrected chi connectivity index (χ1v) is 7.88. The predicted molar refractivity (Wildman–Crippen MR) is 79.6 cm³/mol. The molecule has 2 aliphatic rings. The Bertz CT molecular complexity index is 452. The highest BCUT2D eigenvalue weighted by atomic mass is 16.6. The Kier molecular flexibility index (Phi) is 4.45. The van der Waals surface area contributed by atoms with Gasteiger partial charge in [0, 0.05) is 0 Å². The van der Waals surface area contributed by atoms with Crippen molar-refractivity contribution in [1.29, 1.82) is 0 Å². The van der Waals surface area contributed by atoms with Crippen LogP contribution in [0.3, 0.4) is 0 Å². The van der Waals surface area contributed by atoms with E-state index in [1.54, 1.807) is 0 Å². The van der Waals surface area contributed by atoms with Crippen LogP contribution in [-0.2, 0) is 19.1 Å². The molecule has 1 saturated carbocycles. The van der Waals surface area contributed by atoms with Gasteiger partial charge in [-0.2, -0.15) is 0 Å². The summed E-state index contributed by atoms with van der Waals surface area (Å²) in [6, 6.07) is 0. The lowest BCUT2D eigenvalue weighted by molar-refractivity contribution is -0.160. The summed E-state index contributed by atoms with van der Waals surface area (Å²) in [4.78, 5) is 24.2. The van der Waals surface area contributed by atoms with Gasteiger partial charge in [-0.15, -0.1) is 0 Å². The van der Waals surface area contributed by atoms with E-state index >= 15 is 0 Å². The molecule has 2 rings (SSSR count). The summed E-state index contributed by atoms with van der Waals surface area (Å²) in [7, 11) is 0. The molecule has 0 aromatic rings. The number of hydrogen-bond acceptors (Lipinski definition) is 4. The van der Waals surface area contributed by atoms with E-state index in [2.05, 4.69) is 6.08 Å². The van der Waals surface area contributed by atoms with Crippen LogP contribution in [0.4, 0.5) is 0 Å². The van der Waals surface area contributed by atoms with Gasteiger partial charge in [0.15, 0.2) is 0 Å². The zero-order valence-electron chi connectivity index (χ0n) is 13.5. The highest BCUT2D eigenvalue weighted by Gasteiger charge is 2.55. The quantitative estimate of drug-likeness (QED) is 0.589. The monoisotopic (exact) mass is 294 g/mol. The third-order valence-electron chi connectivity index (χ3n) is 4.19. The lowest BCUT2D eigenvalue weighted by atomic mass is 9.82. The van der Waals surface area contributed by atoms with E-state index in [0.29, 0.717) is 13.0 Å². The van der Waals surface area contributed by atoms with E-state index in [4.69, 9.17) is 9.47 Å². The maximum atomic E-state index is 12.4. The first-order chi connectivity index (χ1) is 9.78. The van der Waals surface area contributed by atoms with E-state index in [0.717, 1.165) is 31.3 Å². The maximum absolute atomic E-state index is 12.4. The van der Waals surface area contributed by atoms with Gasteiger partial charge in [0.2, 0.25) is 0 Å². The van der Waals surface area contributed by atoms with Crippen molar-refractivity contribution >= 4 is 11.9 Å². The van der Waals surface area contributed by atoms with Crippen LogP contribution in [0.2, 0.25) is 0 Å². The molecule has 0 radical (unpaired) electrons. The molecule has 1 atom stereocenters. The fourth-order valence-electron chi connectivity index (χ4n) is 2.90. The van der Waals surface area contributed by atoms with Gasteiger partial charge in [-0.3, -0.25) is 9.59 Å². The number of ether oxygens (including phenoxy) is 2. The van der Waals surface area contributed by atoms with Crippen LogP contribution < -0.4 is 0 Å². The topological polar surface area (TPSA) is 52.6 Å². The van der Waals surface area contributed by atoms with Crippen LogP contribution in [0.1, 0.15) is 59.8 Å². The van der Waals surface area contributed by atoms with Crippen LogP contribution in [0.5, 0.6) is 0 Å². The minimum atomic E-state index is -0.449. The molecule has 118 valence electrons. The first-order valence-electron chi connectivity index (χ1n) is 7.88. The molecule has 0 aliphatic heterocycles. The van der Waals surface area contributed by atoms with Crippen molar-refractivity contribution in [3.8, 4) is 0 Å². The summed E-state index contributed by atoms with van der Waals surface area (Å²) >= 11 is 0. The van der Waals surface area contributed by atoms with Gasteiger partial charge in [0.25, 0.3) is 0 Å². The molecule has 0 amide bonds. The minimum Gasteiger partial charge on any atom is -0.466 e. The number of carbonyl (C=O) groups excluding carboxylic acids is 2. The van der Waals surface area contributed by atoms with Crippen molar-refractivity contribution < 1.29 is 19.1 Å². The Balaban J connectivity index is 2.00. The second-order valence-corrected chi connectivity index (χ2v) is 7.04. The van der Waals surface area contributed by atoms with Crippen molar-refractivity contribution in [3.63, 3.8) is 0 Å². The number of carbonyl (C=O) groups is 2. The minimum absolute atomic E-state index is 0.0527. The van der Waals surface area contributed by atoms with E-state index in [9.17, 15) is 9.59 Å². The van der Waals surface area contributed by atoms with Gasteiger partial charge < -0.3 is 9.47 Å². The molecule has 4 nitrogen and oxygen atoms in total. The molecule has 2 aliphatic carbocycles. The van der Waals surface area contributed by atoms with Crippen molar-refractivity contribution in [1.82, 2.24) is 0 Å². The second-order valence-electron chi connectivity index (χ2n) is 7.04. The summed E-state index contributed by atoms with van der Waals surface area (Å²) in [5.41, 5.74) is 0.319. The van der Waals surface area contributed by atoms with Crippen molar-refractivity contribution in [2.24, 2.45) is 11.3 Å². The number of rotatable bonds is 4. The van der Waals surface area contributed by atoms with Crippen molar-refractivity contribution in [2.45, 2.75) is 65.4 Å². The van der Waals surface area contributed by atoms with Gasteiger partial charge in [0.1, 0.15) is 5.60 Å². The summed E-state index contributed by atoms with van der Waals surface area (Å²) in [5, 5.41) is 0. The molecule has 1 fully saturated rings. The number of esters is 2.